The van der Waals surface area contributed by atoms with Crippen molar-refractivity contribution in [2.75, 3.05) is 10.2 Å². The maximum Gasteiger partial charge on any atom is 0.227 e. The molecule has 5 heteroatoms. The van der Waals surface area contributed by atoms with Gasteiger partial charge in [0.25, 0.3) is 0 Å². The zero-order valence-electron chi connectivity index (χ0n) is 18.4. The van der Waals surface area contributed by atoms with Crippen molar-refractivity contribution in [3.05, 3.63) is 107 Å². The molecule has 0 radical (unpaired) electrons. The fraction of sp³-hybridized carbons (Fsp3) is 0.214. The van der Waals surface area contributed by atoms with Gasteiger partial charge in [0.05, 0.1) is 17.4 Å². The number of hydrogen-bond acceptors (Lipinski definition) is 3. The predicted octanol–water partition coefficient (Wildman–Crippen LogP) is 6.14. The van der Waals surface area contributed by atoms with Crippen molar-refractivity contribution >= 4 is 23.1 Å². The van der Waals surface area contributed by atoms with Crippen molar-refractivity contribution in [3.8, 4) is 0 Å². The van der Waals surface area contributed by atoms with Crippen LogP contribution in [0, 0.1) is 5.82 Å². The summed E-state index contributed by atoms with van der Waals surface area (Å²) in [4.78, 5) is 28.7. The molecule has 1 aliphatic heterocycles. The molecule has 0 bridgehead atoms. The lowest BCUT2D eigenvalue weighted by molar-refractivity contribution is -0.119. The van der Waals surface area contributed by atoms with Crippen molar-refractivity contribution in [1.82, 2.24) is 0 Å². The van der Waals surface area contributed by atoms with Gasteiger partial charge < -0.3 is 5.32 Å². The summed E-state index contributed by atoms with van der Waals surface area (Å²) in [6.07, 6.45) is 1.25. The molecule has 3 aromatic rings. The first kappa shape index (κ1) is 21.1. The van der Waals surface area contributed by atoms with Gasteiger partial charge in [-0.15, -0.1) is 0 Å². The number of Topliss-reactive ketones (excluding diaryl/α,β-unsaturated/α-hetero) is 1. The van der Waals surface area contributed by atoms with Gasteiger partial charge >= 0.3 is 0 Å². The zero-order valence-corrected chi connectivity index (χ0v) is 18.4. The van der Waals surface area contributed by atoms with Crippen molar-refractivity contribution < 1.29 is 14.0 Å². The molecule has 33 heavy (non-hydrogen) atoms. The second-order valence-electron chi connectivity index (χ2n) is 8.55. The van der Waals surface area contributed by atoms with Crippen molar-refractivity contribution in [2.24, 2.45) is 0 Å². The second kappa shape index (κ2) is 8.66. The Labute approximate surface area is 192 Å². The fourth-order valence-corrected chi connectivity index (χ4v) is 4.99. The molecule has 3 aromatic carbocycles. The van der Waals surface area contributed by atoms with E-state index in [0.717, 1.165) is 16.9 Å². The number of ketones is 1. The van der Waals surface area contributed by atoms with Crippen LogP contribution in [-0.4, -0.2) is 11.7 Å². The maximum absolute atomic E-state index is 14.3. The van der Waals surface area contributed by atoms with E-state index in [1.54, 1.807) is 24.0 Å². The third-order valence-corrected chi connectivity index (χ3v) is 6.50. The van der Waals surface area contributed by atoms with Crippen molar-refractivity contribution in [2.45, 2.75) is 38.1 Å². The molecule has 4 nitrogen and oxygen atoms in total. The third kappa shape index (κ3) is 3.84. The second-order valence-corrected chi connectivity index (χ2v) is 8.55. The summed E-state index contributed by atoms with van der Waals surface area (Å²) in [5.41, 5.74) is 4.51. The molecule has 166 valence electrons. The summed E-state index contributed by atoms with van der Waals surface area (Å²) >= 11 is 0. The fourth-order valence-electron chi connectivity index (χ4n) is 4.99. The number of nitrogens with zero attached hydrogens (tertiary/aromatic N) is 1. The van der Waals surface area contributed by atoms with E-state index in [2.05, 4.69) is 5.32 Å². The lowest BCUT2D eigenvalue weighted by Crippen LogP contribution is -2.38. The summed E-state index contributed by atoms with van der Waals surface area (Å²) < 4.78 is 14.3. The molecule has 2 atom stereocenters. The number of hydrogen-bond donors (Lipinski definition) is 1. The highest BCUT2D eigenvalue weighted by Crippen LogP contribution is 2.47. The van der Waals surface area contributed by atoms with Crippen molar-refractivity contribution in [3.63, 3.8) is 0 Å². The molecule has 0 spiro atoms. The third-order valence-electron chi connectivity index (χ3n) is 6.50. The summed E-state index contributed by atoms with van der Waals surface area (Å²) in [6.45, 7) is 1.80. The number of halogens is 1. The van der Waals surface area contributed by atoms with Gasteiger partial charge in [0, 0.05) is 24.1 Å². The van der Waals surface area contributed by atoms with Gasteiger partial charge in [-0.1, -0.05) is 61.5 Å². The quantitative estimate of drug-likeness (QED) is 0.532. The van der Waals surface area contributed by atoms with Crippen molar-refractivity contribution in [1.29, 1.82) is 0 Å². The first-order chi connectivity index (χ1) is 16.1. The normalized spacial score (nSPS) is 19.9. The van der Waals surface area contributed by atoms with Crippen LogP contribution in [-0.2, 0) is 9.59 Å². The molecule has 1 heterocycles. The highest BCUT2D eigenvalue weighted by molar-refractivity contribution is 6.06. The van der Waals surface area contributed by atoms with E-state index in [0.29, 0.717) is 29.7 Å². The van der Waals surface area contributed by atoms with E-state index in [4.69, 9.17) is 0 Å². The molecule has 1 amide bonds. The topological polar surface area (TPSA) is 49.4 Å². The number of nitrogens with one attached hydrogen (secondary N) is 1. The largest absolute Gasteiger partial charge is 0.357 e. The number of allylic oxidation sites excluding steroid dienone is 1. The summed E-state index contributed by atoms with van der Waals surface area (Å²) in [5.74, 6) is -0.494. The van der Waals surface area contributed by atoms with Crippen LogP contribution < -0.4 is 10.2 Å². The van der Waals surface area contributed by atoms with E-state index < -0.39 is 11.9 Å². The van der Waals surface area contributed by atoms with Gasteiger partial charge in [0.1, 0.15) is 5.82 Å². The summed E-state index contributed by atoms with van der Waals surface area (Å²) in [7, 11) is 0. The minimum Gasteiger partial charge on any atom is -0.357 e. The molecule has 5 rings (SSSR count). The Morgan fingerprint density at radius 3 is 2.45 bits per heavy atom. The number of carbonyl (C=O) groups excluding carboxylic acids is 2. The number of para-hydroxylation sites is 2. The SMILES string of the molecule is CCC(=O)N1c2ccccc2NC2=C(C(=O)C[C@H](c3ccccc3)C2)[C@H]1c1cccc(F)c1. The Hall–Kier alpha value is -3.73. The van der Waals surface area contributed by atoms with Crippen LogP contribution in [0.3, 0.4) is 0 Å². The van der Waals surface area contributed by atoms with E-state index in [-0.39, 0.29) is 24.0 Å². The minimum absolute atomic E-state index is 0.0198. The Kier molecular flexibility index (Phi) is 5.55. The Morgan fingerprint density at radius 2 is 1.70 bits per heavy atom. The smallest absolute Gasteiger partial charge is 0.227 e. The first-order valence-electron chi connectivity index (χ1n) is 11.3. The molecule has 0 aromatic heterocycles. The molecule has 2 aliphatic rings. The lowest BCUT2D eigenvalue weighted by atomic mass is 9.78. The summed E-state index contributed by atoms with van der Waals surface area (Å²) in [5, 5.41) is 3.49. The number of carbonyl (C=O) groups is 2. The average molecular weight is 441 g/mol. The van der Waals surface area contributed by atoms with Gasteiger partial charge in [-0.05, 0) is 47.7 Å². The molecular formula is C28H25FN2O2. The minimum atomic E-state index is -0.691. The molecule has 0 saturated heterocycles. The number of benzene rings is 3. The van der Waals surface area contributed by atoms with Gasteiger partial charge in [0.15, 0.2) is 5.78 Å². The number of amides is 1. The molecule has 0 fully saturated rings. The van der Waals surface area contributed by atoms with Crippen LogP contribution in [0.1, 0.15) is 49.3 Å². The zero-order chi connectivity index (χ0) is 22.9. The van der Waals surface area contributed by atoms with Crippen LogP contribution in [0.5, 0.6) is 0 Å². The molecular weight excluding hydrogens is 415 g/mol. The number of anilines is 2. The Balaban J connectivity index is 1.72. The van der Waals surface area contributed by atoms with Crippen LogP contribution in [0.2, 0.25) is 0 Å². The molecule has 1 aliphatic carbocycles. The van der Waals surface area contributed by atoms with Crippen LogP contribution >= 0.6 is 0 Å². The van der Waals surface area contributed by atoms with Crippen LogP contribution in [0.25, 0.3) is 0 Å². The maximum atomic E-state index is 14.3. The van der Waals surface area contributed by atoms with Gasteiger partial charge in [0.2, 0.25) is 5.91 Å². The van der Waals surface area contributed by atoms with Crippen LogP contribution in [0.15, 0.2) is 90.1 Å². The van der Waals surface area contributed by atoms with E-state index in [1.807, 2.05) is 54.6 Å². The first-order valence-corrected chi connectivity index (χ1v) is 11.3. The summed E-state index contributed by atoms with van der Waals surface area (Å²) in [6, 6.07) is 23.1. The molecule has 0 saturated carbocycles. The van der Waals surface area contributed by atoms with Gasteiger partial charge in [-0.3, -0.25) is 14.5 Å². The number of rotatable bonds is 3. The molecule has 0 unspecified atom stereocenters. The lowest BCUT2D eigenvalue weighted by Gasteiger charge is -2.35. The Morgan fingerprint density at radius 1 is 0.970 bits per heavy atom. The van der Waals surface area contributed by atoms with Gasteiger partial charge in [-0.2, -0.15) is 0 Å². The van der Waals surface area contributed by atoms with E-state index in [1.165, 1.54) is 12.1 Å². The molecule has 1 N–H and O–H groups in total. The standard InChI is InChI=1S/C28H25FN2O2/c1-2-26(33)31-24-14-7-6-13-22(24)30-23-16-20(18-9-4-3-5-10-18)17-25(32)27(23)28(31)19-11-8-12-21(29)15-19/h3-15,20,28,30H,2,16-17H2,1H3/t20-,28-/m1/s1. The Bertz CT molecular complexity index is 1250. The van der Waals surface area contributed by atoms with E-state index in [9.17, 15) is 14.0 Å². The highest BCUT2D eigenvalue weighted by atomic mass is 19.1. The van der Waals surface area contributed by atoms with Crippen LogP contribution in [0.4, 0.5) is 15.8 Å². The van der Waals surface area contributed by atoms with Gasteiger partial charge in [-0.25, -0.2) is 4.39 Å². The monoisotopic (exact) mass is 440 g/mol. The average Bonchev–Trinajstić information content (AvgIpc) is 2.98. The number of fused-ring (bicyclic) bond motifs is 1. The highest BCUT2D eigenvalue weighted by Gasteiger charge is 2.41. The van der Waals surface area contributed by atoms with E-state index >= 15 is 0 Å². The predicted molar refractivity (Wildman–Crippen MR) is 127 cm³/mol.